The fourth-order valence-electron chi connectivity index (χ4n) is 2.52. The number of rotatable bonds is 1. The molecular weight excluding hydrogens is 246 g/mol. The topological polar surface area (TPSA) is 3.24 Å². The molecule has 0 unspecified atom stereocenters. The van der Waals surface area contributed by atoms with E-state index in [9.17, 15) is 17.6 Å². The lowest BCUT2D eigenvalue weighted by molar-refractivity contribution is -0.202. The van der Waals surface area contributed by atoms with Gasteiger partial charge in [0.2, 0.25) is 0 Å². The van der Waals surface area contributed by atoms with E-state index in [0.717, 1.165) is 6.07 Å². The highest BCUT2D eigenvalue weighted by molar-refractivity contribution is 5.29. The van der Waals surface area contributed by atoms with Crippen molar-refractivity contribution in [2.24, 2.45) is 0 Å². The van der Waals surface area contributed by atoms with Crippen molar-refractivity contribution in [3.05, 3.63) is 35.6 Å². The molecule has 0 bridgehead atoms. The Morgan fingerprint density at radius 2 is 1.78 bits per heavy atom. The molecule has 18 heavy (non-hydrogen) atoms. The molecule has 1 aromatic carbocycles. The van der Waals surface area contributed by atoms with Crippen LogP contribution in [0.3, 0.4) is 0 Å². The summed E-state index contributed by atoms with van der Waals surface area (Å²) in [7, 11) is 1.80. The van der Waals surface area contributed by atoms with Crippen LogP contribution in [-0.2, 0) is 5.41 Å². The molecule has 1 fully saturated rings. The standard InChI is InChI=1S/C13H15F4N/c1-18-7-5-12(6-8-18,13(15,16)17)10-3-2-4-11(14)9-10/h2-4,9H,5-8H2,1H3. The van der Waals surface area contributed by atoms with Gasteiger partial charge in [-0.15, -0.1) is 0 Å². The smallest absolute Gasteiger partial charge is 0.306 e. The molecule has 1 heterocycles. The Bertz CT molecular complexity index is 419. The van der Waals surface area contributed by atoms with Crippen LogP contribution in [0.4, 0.5) is 17.6 Å². The summed E-state index contributed by atoms with van der Waals surface area (Å²) in [6.45, 7) is 0.742. The molecule has 5 heteroatoms. The van der Waals surface area contributed by atoms with Crippen LogP contribution >= 0.6 is 0 Å². The van der Waals surface area contributed by atoms with Crippen molar-refractivity contribution in [2.45, 2.75) is 24.4 Å². The van der Waals surface area contributed by atoms with Gasteiger partial charge in [-0.05, 0) is 50.7 Å². The summed E-state index contributed by atoms with van der Waals surface area (Å²) in [5, 5.41) is 0. The van der Waals surface area contributed by atoms with Crippen LogP contribution in [0.15, 0.2) is 24.3 Å². The molecular formula is C13H15F4N. The maximum atomic E-state index is 13.4. The third-order valence-electron chi connectivity index (χ3n) is 3.76. The lowest BCUT2D eigenvalue weighted by Crippen LogP contribution is -2.50. The van der Waals surface area contributed by atoms with Crippen molar-refractivity contribution < 1.29 is 17.6 Å². The number of nitrogens with zero attached hydrogens (tertiary/aromatic N) is 1. The molecule has 1 aliphatic heterocycles. The first kappa shape index (κ1) is 13.3. The normalized spacial score (nSPS) is 20.9. The van der Waals surface area contributed by atoms with Gasteiger partial charge in [0.1, 0.15) is 5.82 Å². The summed E-state index contributed by atoms with van der Waals surface area (Å²) >= 11 is 0. The van der Waals surface area contributed by atoms with Gasteiger partial charge in [0, 0.05) is 0 Å². The Morgan fingerprint density at radius 3 is 2.28 bits per heavy atom. The number of piperidine rings is 1. The monoisotopic (exact) mass is 261 g/mol. The van der Waals surface area contributed by atoms with Crippen molar-refractivity contribution in [3.63, 3.8) is 0 Å². The van der Waals surface area contributed by atoms with Crippen molar-refractivity contribution >= 4 is 0 Å². The van der Waals surface area contributed by atoms with Gasteiger partial charge in [-0.2, -0.15) is 13.2 Å². The maximum absolute atomic E-state index is 13.4. The van der Waals surface area contributed by atoms with Crippen LogP contribution in [0.2, 0.25) is 0 Å². The summed E-state index contributed by atoms with van der Waals surface area (Å²) in [6.07, 6.45) is -4.38. The number of alkyl halides is 3. The Kier molecular flexibility index (Phi) is 3.36. The molecule has 0 aliphatic carbocycles. The molecule has 0 atom stereocenters. The summed E-state index contributed by atoms with van der Waals surface area (Å²) in [6, 6.07) is 4.90. The zero-order valence-corrected chi connectivity index (χ0v) is 10.1. The molecule has 0 spiro atoms. The van der Waals surface area contributed by atoms with Crippen LogP contribution in [0.5, 0.6) is 0 Å². The van der Waals surface area contributed by atoms with E-state index < -0.39 is 17.4 Å². The van der Waals surface area contributed by atoms with E-state index in [1.54, 1.807) is 7.05 Å². The third kappa shape index (κ3) is 2.23. The molecule has 0 amide bonds. The van der Waals surface area contributed by atoms with Crippen LogP contribution in [-0.4, -0.2) is 31.2 Å². The van der Waals surface area contributed by atoms with Crippen LogP contribution in [0.25, 0.3) is 0 Å². The van der Waals surface area contributed by atoms with Gasteiger partial charge >= 0.3 is 6.18 Å². The zero-order valence-electron chi connectivity index (χ0n) is 10.1. The zero-order chi connectivity index (χ0) is 13.4. The molecule has 1 aliphatic rings. The highest BCUT2D eigenvalue weighted by atomic mass is 19.4. The second kappa shape index (κ2) is 4.53. The van der Waals surface area contributed by atoms with Gasteiger partial charge in [-0.25, -0.2) is 4.39 Å². The van der Waals surface area contributed by atoms with Gasteiger partial charge in [-0.1, -0.05) is 12.1 Å². The van der Waals surface area contributed by atoms with E-state index in [1.165, 1.54) is 18.2 Å². The highest BCUT2D eigenvalue weighted by Crippen LogP contribution is 2.48. The number of hydrogen-bond acceptors (Lipinski definition) is 1. The molecule has 0 radical (unpaired) electrons. The average Bonchev–Trinajstić information content (AvgIpc) is 2.28. The van der Waals surface area contributed by atoms with E-state index in [-0.39, 0.29) is 18.4 Å². The van der Waals surface area contributed by atoms with Gasteiger partial charge in [0.15, 0.2) is 0 Å². The van der Waals surface area contributed by atoms with Crippen molar-refractivity contribution in [1.29, 1.82) is 0 Å². The van der Waals surface area contributed by atoms with Gasteiger partial charge in [0.25, 0.3) is 0 Å². The fourth-order valence-corrected chi connectivity index (χ4v) is 2.52. The fraction of sp³-hybridized carbons (Fsp3) is 0.538. The summed E-state index contributed by atoms with van der Waals surface area (Å²) in [5.74, 6) is -0.616. The minimum absolute atomic E-state index is 0.0174. The Balaban J connectivity index is 2.43. The second-order valence-corrected chi connectivity index (χ2v) is 4.89. The quantitative estimate of drug-likeness (QED) is 0.701. The molecule has 2 rings (SSSR count). The lowest BCUT2D eigenvalue weighted by atomic mass is 9.72. The SMILES string of the molecule is CN1CCC(c2cccc(F)c2)(C(F)(F)F)CC1. The second-order valence-electron chi connectivity index (χ2n) is 4.89. The summed E-state index contributed by atoms with van der Waals surface area (Å²) < 4.78 is 53.4. The van der Waals surface area contributed by atoms with Crippen molar-refractivity contribution in [2.75, 3.05) is 20.1 Å². The van der Waals surface area contributed by atoms with Gasteiger partial charge in [-0.3, -0.25) is 0 Å². The van der Waals surface area contributed by atoms with E-state index >= 15 is 0 Å². The minimum atomic E-state index is -4.35. The first-order valence-electron chi connectivity index (χ1n) is 5.86. The van der Waals surface area contributed by atoms with Crippen LogP contribution in [0.1, 0.15) is 18.4 Å². The molecule has 1 aromatic rings. The molecule has 0 saturated carbocycles. The first-order valence-corrected chi connectivity index (χ1v) is 5.86. The average molecular weight is 261 g/mol. The first-order chi connectivity index (χ1) is 8.35. The lowest BCUT2D eigenvalue weighted by Gasteiger charge is -2.42. The van der Waals surface area contributed by atoms with Crippen molar-refractivity contribution in [3.8, 4) is 0 Å². The molecule has 0 N–H and O–H groups in total. The maximum Gasteiger partial charge on any atom is 0.398 e. The van der Waals surface area contributed by atoms with E-state index in [1.807, 2.05) is 4.90 Å². The van der Waals surface area contributed by atoms with Crippen molar-refractivity contribution in [1.82, 2.24) is 4.90 Å². The minimum Gasteiger partial charge on any atom is -0.306 e. The van der Waals surface area contributed by atoms with E-state index in [4.69, 9.17) is 0 Å². The predicted octanol–water partition coefficient (Wildman–Crippen LogP) is 3.35. The Labute approximate surface area is 103 Å². The highest BCUT2D eigenvalue weighted by Gasteiger charge is 2.56. The number of hydrogen-bond donors (Lipinski definition) is 0. The van der Waals surface area contributed by atoms with Gasteiger partial charge in [0.05, 0.1) is 5.41 Å². The molecule has 0 aromatic heterocycles. The molecule has 100 valence electrons. The van der Waals surface area contributed by atoms with Crippen LogP contribution in [0, 0.1) is 5.82 Å². The largest absolute Gasteiger partial charge is 0.398 e. The number of halogens is 4. The summed E-state index contributed by atoms with van der Waals surface area (Å²) in [4.78, 5) is 1.86. The number of likely N-dealkylation sites (tertiary alicyclic amines) is 1. The number of benzene rings is 1. The van der Waals surface area contributed by atoms with Crippen LogP contribution < -0.4 is 0 Å². The molecule has 1 saturated heterocycles. The summed E-state index contributed by atoms with van der Waals surface area (Å²) in [5.41, 5.74) is -1.86. The Morgan fingerprint density at radius 1 is 1.17 bits per heavy atom. The third-order valence-corrected chi connectivity index (χ3v) is 3.76. The van der Waals surface area contributed by atoms with E-state index in [0.29, 0.717) is 13.1 Å². The van der Waals surface area contributed by atoms with E-state index in [2.05, 4.69) is 0 Å². The molecule has 1 nitrogen and oxygen atoms in total. The predicted molar refractivity (Wildman–Crippen MR) is 60.9 cm³/mol. The Hall–Kier alpha value is -1.10. The van der Waals surface area contributed by atoms with Gasteiger partial charge < -0.3 is 4.90 Å².